The first-order valence-corrected chi connectivity index (χ1v) is 10.2. The smallest absolute Gasteiger partial charge is 0.308 e. The maximum Gasteiger partial charge on any atom is 0.308 e. The Morgan fingerprint density at radius 3 is 2.17 bits per heavy atom. The van der Waals surface area contributed by atoms with Crippen LogP contribution >= 0.6 is 0 Å². The van der Waals surface area contributed by atoms with Gasteiger partial charge in [-0.3, -0.25) is 28.9 Å². The van der Waals surface area contributed by atoms with E-state index in [4.69, 9.17) is 4.74 Å². The van der Waals surface area contributed by atoms with E-state index >= 15 is 0 Å². The van der Waals surface area contributed by atoms with E-state index in [1.165, 1.54) is 18.7 Å². The summed E-state index contributed by atoms with van der Waals surface area (Å²) in [5.74, 6) is -2.11. The Balaban J connectivity index is 1.50. The summed E-state index contributed by atoms with van der Waals surface area (Å²) in [6, 6.07) is 6.27. The molecule has 2 fully saturated rings. The van der Waals surface area contributed by atoms with Gasteiger partial charge < -0.3 is 10.1 Å². The first-order valence-electron chi connectivity index (χ1n) is 10.2. The van der Waals surface area contributed by atoms with Gasteiger partial charge in [0.25, 0.3) is 0 Å². The number of ketones is 1. The van der Waals surface area contributed by atoms with Crippen LogP contribution in [0.3, 0.4) is 0 Å². The van der Waals surface area contributed by atoms with E-state index in [0.29, 0.717) is 11.3 Å². The van der Waals surface area contributed by atoms with Gasteiger partial charge in [0.1, 0.15) is 0 Å². The molecule has 8 heteroatoms. The predicted molar refractivity (Wildman–Crippen MR) is 107 cm³/mol. The number of benzene rings is 1. The highest BCUT2D eigenvalue weighted by atomic mass is 16.5. The summed E-state index contributed by atoms with van der Waals surface area (Å²) in [7, 11) is 0. The lowest BCUT2D eigenvalue weighted by atomic mass is 9.81. The fraction of sp³-hybridized carbons (Fsp3) is 0.500. The fourth-order valence-corrected chi connectivity index (χ4v) is 4.12. The molecule has 3 amide bonds. The molecular formula is C22H26N2O6. The zero-order chi connectivity index (χ0) is 21.8. The van der Waals surface area contributed by atoms with Crippen LogP contribution in [0.4, 0.5) is 5.69 Å². The van der Waals surface area contributed by atoms with Gasteiger partial charge >= 0.3 is 5.97 Å². The highest BCUT2D eigenvalue weighted by Crippen LogP contribution is 2.38. The van der Waals surface area contributed by atoms with Crippen LogP contribution in [0.15, 0.2) is 24.3 Å². The zero-order valence-corrected chi connectivity index (χ0v) is 17.2. The number of nitrogens with one attached hydrogen (secondary N) is 1. The second kappa shape index (κ2) is 9.19. The molecule has 3 rings (SSSR count). The monoisotopic (exact) mass is 414 g/mol. The maximum absolute atomic E-state index is 12.5. The molecule has 1 heterocycles. The van der Waals surface area contributed by atoms with Crippen LogP contribution in [0, 0.1) is 11.8 Å². The molecule has 8 nitrogen and oxygen atoms in total. The van der Waals surface area contributed by atoms with Gasteiger partial charge in [-0.25, -0.2) is 0 Å². The number of hydrogen-bond donors (Lipinski definition) is 1. The zero-order valence-electron chi connectivity index (χ0n) is 17.2. The summed E-state index contributed by atoms with van der Waals surface area (Å²) in [5, 5.41) is 2.61. The molecule has 0 aromatic heterocycles. The number of hydrogen-bond acceptors (Lipinski definition) is 6. The van der Waals surface area contributed by atoms with Crippen molar-refractivity contribution < 1.29 is 28.7 Å². The molecule has 1 aliphatic heterocycles. The minimum atomic E-state index is -1.00. The number of amides is 3. The Hall–Kier alpha value is -3.03. The van der Waals surface area contributed by atoms with Gasteiger partial charge in [-0.2, -0.15) is 0 Å². The van der Waals surface area contributed by atoms with E-state index in [2.05, 4.69) is 5.32 Å². The second-order valence-electron chi connectivity index (χ2n) is 7.83. The number of fused-ring (bicyclic) bond motifs is 1. The summed E-state index contributed by atoms with van der Waals surface area (Å²) in [5.41, 5.74) is 0.905. The summed E-state index contributed by atoms with van der Waals surface area (Å²) < 4.78 is 5.20. The molecule has 0 bridgehead atoms. The number of Topliss-reactive ketones (excluding diaryl/α,β-unsaturated/α-hetero) is 1. The van der Waals surface area contributed by atoms with Crippen molar-refractivity contribution in [3.8, 4) is 0 Å². The Morgan fingerprint density at radius 2 is 1.63 bits per heavy atom. The Bertz CT molecular complexity index is 839. The van der Waals surface area contributed by atoms with E-state index in [1.807, 2.05) is 0 Å². The largest absolute Gasteiger partial charge is 0.454 e. The van der Waals surface area contributed by atoms with Crippen LogP contribution < -0.4 is 5.32 Å². The van der Waals surface area contributed by atoms with Gasteiger partial charge in [0.05, 0.1) is 18.3 Å². The van der Waals surface area contributed by atoms with Crippen LogP contribution in [0.1, 0.15) is 56.3 Å². The third kappa shape index (κ3) is 4.75. The predicted octanol–water partition coefficient (Wildman–Crippen LogP) is 2.32. The molecule has 30 heavy (non-hydrogen) atoms. The second-order valence-corrected chi connectivity index (χ2v) is 7.83. The van der Waals surface area contributed by atoms with Gasteiger partial charge in [-0.1, -0.05) is 12.8 Å². The number of anilines is 1. The van der Waals surface area contributed by atoms with Crippen LogP contribution in [0.25, 0.3) is 0 Å². The minimum absolute atomic E-state index is 0.0180. The quantitative estimate of drug-likeness (QED) is 0.417. The number of imide groups is 1. The third-order valence-electron chi connectivity index (χ3n) is 5.64. The van der Waals surface area contributed by atoms with Crippen LogP contribution in [-0.2, 0) is 23.9 Å². The van der Waals surface area contributed by atoms with E-state index in [9.17, 15) is 24.0 Å². The molecule has 1 saturated heterocycles. The van der Waals surface area contributed by atoms with Crippen molar-refractivity contribution in [2.75, 3.05) is 11.9 Å². The number of nitrogens with zero attached hydrogens (tertiary/aromatic N) is 1. The summed E-state index contributed by atoms with van der Waals surface area (Å²) in [4.78, 5) is 61.8. The van der Waals surface area contributed by atoms with Crippen LogP contribution in [-0.4, -0.2) is 47.0 Å². The van der Waals surface area contributed by atoms with Crippen molar-refractivity contribution in [3.05, 3.63) is 29.8 Å². The standard InChI is InChI=1S/C22H26N2O6/c1-13(20(27)15-7-9-16(10-8-15)23-14(2)25)30-19(26)11-12-24-21(28)17-5-3-4-6-18(17)22(24)29/h7-10,13,17-18H,3-6,11-12H2,1-2H3,(H,23,25)/t13-,17-,18+/m1/s1. The lowest BCUT2D eigenvalue weighted by Gasteiger charge is -2.19. The molecule has 1 aliphatic carbocycles. The molecule has 3 atom stereocenters. The van der Waals surface area contributed by atoms with E-state index < -0.39 is 12.1 Å². The molecule has 0 radical (unpaired) electrons. The minimum Gasteiger partial charge on any atom is -0.454 e. The molecule has 0 unspecified atom stereocenters. The number of esters is 1. The average molecular weight is 414 g/mol. The van der Waals surface area contributed by atoms with E-state index in [0.717, 1.165) is 25.7 Å². The van der Waals surface area contributed by atoms with Crippen molar-refractivity contribution in [1.82, 2.24) is 4.90 Å². The average Bonchev–Trinajstić information content (AvgIpc) is 2.96. The highest BCUT2D eigenvalue weighted by molar-refractivity contribution is 6.05. The number of ether oxygens (including phenoxy) is 1. The lowest BCUT2D eigenvalue weighted by molar-refractivity contribution is -0.148. The van der Waals surface area contributed by atoms with Gasteiger partial charge in [0.2, 0.25) is 23.5 Å². The fourth-order valence-electron chi connectivity index (χ4n) is 4.12. The highest BCUT2D eigenvalue weighted by Gasteiger charge is 2.47. The normalized spacial score (nSPS) is 21.7. The van der Waals surface area contributed by atoms with Gasteiger partial charge in [-0.05, 0) is 44.0 Å². The molecular weight excluding hydrogens is 388 g/mol. The van der Waals surface area contributed by atoms with E-state index in [1.54, 1.807) is 24.3 Å². The molecule has 1 saturated carbocycles. The lowest BCUT2D eigenvalue weighted by Crippen LogP contribution is -2.34. The molecule has 2 aliphatic rings. The van der Waals surface area contributed by atoms with Crippen LogP contribution in [0.5, 0.6) is 0 Å². The number of carbonyl (C=O) groups excluding carboxylic acids is 5. The van der Waals surface area contributed by atoms with Gasteiger partial charge in [-0.15, -0.1) is 0 Å². The van der Waals surface area contributed by atoms with Crippen molar-refractivity contribution in [1.29, 1.82) is 0 Å². The summed E-state index contributed by atoms with van der Waals surface area (Å²) in [6.07, 6.45) is 2.20. The molecule has 1 N–H and O–H groups in total. The first-order chi connectivity index (χ1) is 14.3. The Morgan fingerprint density at radius 1 is 1.07 bits per heavy atom. The third-order valence-corrected chi connectivity index (χ3v) is 5.64. The molecule has 0 spiro atoms. The Kier molecular flexibility index (Phi) is 6.64. The number of likely N-dealkylation sites (tertiary alicyclic amines) is 1. The first kappa shape index (κ1) is 21.7. The topological polar surface area (TPSA) is 110 Å². The van der Waals surface area contributed by atoms with Gasteiger partial charge in [0, 0.05) is 24.7 Å². The SMILES string of the molecule is CC(=O)Nc1ccc(C(=O)[C@@H](C)OC(=O)CCN2C(=O)[C@H]3CCCC[C@H]3C2=O)cc1. The Labute approximate surface area is 174 Å². The number of carbonyl (C=O) groups is 5. The van der Waals surface area contributed by atoms with E-state index in [-0.39, 0.29) is 48.3 Å². The molecule has 160 valence electrons. The summed E-state index contributed by atoms with van der Waals surface area (Å²) >= 11 is 0. The van der Waals surface area contributed by atoms with Crippen molar-refractivity contribution >= 4 is 35.2 Å². The maximum atomic E-state index is 12.5. The van der Waals surface area contributed by atoms with Gasteiger partial charge in [0.15, 0.2) is 6.10 Å². The van der Waals surface area contributed by atoms with Crippen molar-refractivity contribution in [2.24, 2.45) is 11.8 Å². The number of rotatable bonds is 7. The summed E-state index contributed by atoms with van der Waals surface area (Å²) in [6.45, 7) is 2.84. The molecule has 1 aromatic rings. The van der Waals surface area contributed by atoms with Crippen molar-refractivity contribution in [2.45, 2.75) is 52.1 Å². The van der Waals surface area contributed by atoms with Crippen molar-refractivity contribution in [3.63, 3.8) is 0 Å². The van der Waals surface area contributed by atoms with Crippen LogP contribution in [0.2, 0.25) is 0 Å². The molecule has 1 aromatic carbocycles.